The van der Waals surface area contributed by atoms with Crippen LogP contribution in [0.1, 0.15) is 72.1 Å². The minimum absolute atomic E-state index is 0. The molecular weight excluding hydrogens is 537 g/mol. The van der Waals surface area contributed by atoms with E-state index in [9.17, 15) is 0 Å². The second-order valence-electron chi connectivity index (χ2n) is 11.3. The molecule has 0 bridgehead atoms. The van der Waals surface area contributed by atoms with Gasteiger partial charge in [-0.15, -0.1) is 24.8 Å². The summed E-state index contributed by atoms with van der Waals surface area (Å²) in [5.74, 6) is 0.827. The molecule has 0 amide bonds. The molecule has 2 aliphatic carbocycles. The fourth-order valence-corrected chi connectivity index (χ4v) is 5.89. The summed E-state index contributed by atoms with van der Waals surface area (Å²) in [4.78, 5) is 16.3. The highest BCUT2D eigenvalue weighted by molar-refractivity contribution is 5.91. The van der Waals surface area contributed by atoms with Crippen LogP contribution in [0, 0.1) is 5.92 Å². The van der Waals surface area contributed by atoms with Crippen molar-refractivity contribution in [3.63, 3.8) is 0 Å². The molecule has 2 aromatic rings. The van der Waals surface area contributed by atoms with Gasteiger partial charge in [0.1, 0.15) is 18.0 Å². The molecule has 1 aliphatic heterocycles. The molecule has 2 heterocycles. The number of rotatable bonds is 9. The molecule has 39 heavy (non-hydrogen) atoms. The van der Waals surface area contributed by atoms with Crippen LogP contribution in [0.25, 0.3) is 10.9 Å². The number of nitrogens with zero attached hydrogens (tertiary/aromatic N) is 1. The lowest BCUT2D eigenvalue weighted by molar-refractivity contribution is -0.503. The van der Waals surface area contributed by atoms with Gasteiger partial charge in [0.25, 0.3) is 0 Å². The quantitative estimate of drug-likeness (QED) is 0.188. The maximum atomic E-state index is 6.53. The molecule has 218 valence electrons. The number of hydrogen-bond acceptors (Lipinski definition) is 7. The van der Waals surface area contributed by atoms with Gasteiger partial charge in [0, 0.05) is 42.6 Å². The third-order valence-corrected chi connectivity index (χ3v) is 8.19. The predicted molar refractivity (Wildman–Crippen MR) is 161 cm³/mol. The molecule has 1 saturated carbocycles. The molecule has 2 N–H and O–H groups in total. The van der Waals surface area contributed by atoms with Gasteiger partial charge in [-0.25, -0.2) is 9.78 Å². The summed E-state index contributed by atoms with van der Waals surface area (Å²) in [5, 5.41) is 8.50. The smallest absolute Gasteiger partial charge is 0.202 e. The normalized spacial score (nSPS) is 27.2. The lowest BCUT2D eigenvalue weighted by Crippen LogP contribution is -2.54. The van der Waals surface area contributed by atoms with Crippen molar-refractivity contribution in [3.05, 3.63) is 42.1 Å². The number of benzene rings is 1. The van der Waals surface area contributed by atoms with E-state index in [-0.39, 0.29) is 37.0 Å². The standard InChI is InChI=1S/C30H43N3O4.2ClH/c1-20(2)22-9-10-27-28(18-22)35-30(37-36-27)13-11-24(12-14-30)31-15-5-7-21(3)33-26-19-25(34-4)17-23-8-6-16-32-29(23)26;;/h6,8,16-21,24,27-28,31,33H,5,7,9-15H2,1-4H3;2*1H. The molecule has 3 atom stereocenters. The summed E-state index contributed by atoms with van der Waals surface area (Å²) in [6.07, 6.45) is 12.2. The van der Waals surface area contributed by atoms with E-state index < -0.39 is 5.79 Å². The Hall–Kier alpha value is -1.61. The highest BCUT2D eigenvalue weighted by atomic mass is 35.5. The minimum Gasteiger partial charge on any atom is -0.497 e. The first-order valence-electron chi connectivity index (χ1n) is 14.1. The lowest BCUT2D eigenvalue weighted by Gasteiger charge is -2.47. The van der Waals surface area contributed by atoms with Crippen LogP contribution in [0.5, 0.6) is 5.75 Å². The Balaban J connectivity index is 0.00000210. The summed E-state index contributed by atoms with van der Waals surface area (Å²) in [7, 11) is 1.70. The van der Waals surface area contributed by atoms with Crippen molar-refractivity contribution in [1.82, 2.24) is 10.3 Å². The van der Waals surface area contributed by atoms with E-state index in [0.29, 0.717) is 18.0 Å². The first kappa shape index (κ1) is 31.9. The second-order valence-corrected chi connectivity index (χ2v) is 11.3. The van der Waals surface area contributed by atoms with E-state index in [0.717, 1.165) is 80.3 Å². The predicted octanol–water partition coefficient (Wildman–Crippen LogP) is 6.99. The topological polar surface area (TPSA) is 73.9 Å². The Morgan fingerprint density at radius 1 is 1.13 bits per heavy atom. The zero-order valence-electron chi connectivity index (χ0n) is 23.6. The first-order chi connectivity index (χ1) is 17.9. The highest BCUT2D eigenvalue weighted by Gasteiger charge is 2.47. The van der Waals surface area contributed by atoms with E-state index in [2.05, 4.69) is 48.5 Å². The van der Waals surface area contributed by atoms with Crippen molar-refractivity contribution in [2.75, 3.05) is 19.0 Å². The maximum absolute atomic E-state index is 6.53. The van der Waals surface area contributed by atoms with E-state index in [4.69, 9.17) is 19.2 Å². The van der Waals surface area contributed by atoms with Gasteiger partial charge in [0.15, 0.2) is 0 Å². The van der Waals surface area contributed by atoms with Gasteiger partial charge < -0.3 is 20.1 Å². The van der Waals surface area contributed by atoms with Crippen LogP contribution in [0.2, 0.25) is 0 Å². The van der Waals surface area contributed by atoms with Crippen molar-refractivity contribution in [2.45, 2.75) is 102 Å². The third-order valence-electron chi connectivity index (χ3n) is 8.19. The van der Waals surface area contributed by atoms with Gasteiger partial charge in [-0.1, -0.05) is 31.6 Å². The molecule has 0 radical (unpaired) electrons. The summed E-state index contributed by atoms with van der Waals surface area (Å²) in [6, 6.07) is 8.93. The second kappa shape index (κ2) is 14.3. The van der Waals surface area contributed by atoms with Gasteiger partial charge in [-0.3, -0.25) is 4.98 Å². The van der Waals surface area contributed by atoms with Gasteiger partial charge >= 0.3 is 0 Å². The van der Waals surface area contributed by atoms with Crippen LogP contribution >= 0.6 is 24.8 Å². The van der Waals surface area contributed by atoms with Gasteiger partial charge in [0.2, 0.25) is 5.79 Å². The third kappa shape index (κ3) is 7.78. The molecule has 1 spiro atoms. The number of anilines is 1. The number of hydrogen-bond donors (Lipinski definition) is 2. The fraction of sp³-hybridized carbons (Fsp3) is 0.633. The van der Waals surface area contributed by atoms with Crippen molar-refractivity contribution in [1.29, 1.82) is 0 Å². The van der Waals surface area contributed by atoms with Crippen LogP contribution in [-0.4, -0.2) is 48.7 Å². The van der Waals surface area contributed by atoms with Crippen LogP contribution in [-0.2, 0) is 14.5 Å². The largest absolute Gasteiger partial charge is 0.497 e. The first-order valence-corrected chi connectivity index (χ1v) is 14.1. The van der Waals surface area contributed by atoms with Crippen molar-refractivity contribution < 1.29 is 19.2 Å². The van der Waals surface area contributed by atoms with E-state index >= 15 is 0 Å². The fourth-order valence-electron chi connectivity index (χ4n) is 5.89. The lowest BCUT2D eigenvalue weighted by atomic mass is 9.86. The number of aromatic nitrogens is 1. The van der Waals surface area contributed by atoms with Crippen LogP contribution < -0.4 is 15.4 Å². The Bertz CT molecular complexity index is 1090. The SMILES string of the molecule is COc1cc(NC(C)CCCNC2CCC3(CC2)OOC2CCC(C(C)C)=CC2O3)c2ncccc2c1.Cl.Cl. The molecule has 2 fully saturated rings. The molecule has 9 heteroatoms. The molecular formula is C30H45Cl2N3O4. The average Bonchev–Trinajstić information content (AvgIpc) is 2.91. The van der Waals surface area contributed by atoms with Crippen LogP contribution in [0.3, 0.4) is 0 Å². The zero-order chi connectivity index (χ0) is 25.8. The van der Waals surface area contributed by atoms with Gasteiger partial charge in [0.05, 0.1) is 18.3 Å². The van der Waals surface area contributed by atoms with Crippen LogP contribution in [0.15, 0.2) is 42.1 Å². The van der Waals surface area contributed by atoms with Crippen molar-refractivity contribution in [2.24, 2.45) is 5.92 Å². The highest BCUT2D eigenvalue weighted by Crippen LogP contribution is 2.41. The molecule has 7 nitrogen and oxygen atoms in total. The van der Waals surface area contributed by atoms with E-state index in [1.165, 1.54) is 5.57 Å². The molecule has 3 aliphatic rings. The van der Waals surface area contributed by atoms with E-state index in [1.54, 1.807) is 7.11 Å². The number of fused-ring (bicyclic) bond motifs is 2. The number of nitrogens with one attached hydrogen (secondary N) is 2. The number of allylic oxidation sites excluding steroid dienone is 1. The van der Waals surface area contributed by atoms with Gasteiger partial charge in [-0.05, 0) is 70.0 Å². The Labute approximate surface area is 245 Å². The van der Waals surface area contributed by atoms with Gasteiger partial charge in [-0.2, -0.15) is 0 Å². The average molecular weight is 583 g/mol. The van der Waals surface area contributed by atoms with E-state index in [1.807, 2.05) is 24.4 Å². The zero-order valence-corrected chi connectivity index (χ0v) is 25.2. The molecule has 1 aromatic heterocycles. The Morgan fingerprint density at radius 3 is 2.67 bits per heavy atom. The Morgan fingerprint density at radius 2 is 1.92 bits per heavy atom. The summed E-state index contributed by atoms with van der Waals surface area (Å²) < 4.78 is 12.0. The van der Waals surface area contributed by atoms with Crippen molar-refractivity contribution in [3.8, 4) is 5.75 Å². The summed E-state index contributed by atoms with van der Waals surface area (Å²) in [6.45, 7) is 7.75. The monoisotopic (exact) mass is 581 g/mol. The summed E-state index contributed by atoms with van der Waals surface area (Å²) >= 11 is 0. The number of ether oxygens (including phenoxy) is 2. The number of methoxy groups -OCH3 is 1. The van der Waals surface area contributed by atoms with Crippen molar-refractivity contribution >= 4 is 41.4 Å². The molecule has 1 aromatic carbocycles. The maximum Gasteiger partial charge on any atom is 0.202 e. The Kier molecular flexibility index (Phi) is 11.7. The minimum atomic E-state index is -0.582. The number of halogens is 2. The molecule has 3 unspecified atom stereocenters. The molecule has 1 saturated heterocycles. The van der Waals surface area contributed by atoms with Crippen LogP contribution in [0.4, 0.5) is 5.69 Å². The summed E-state index contributed by atoms with van der Waals surface area (Å²) in [5.41, 5.74) is 3.49. The molecule has 5 rings (SSSR count). The number of pyridine rings is 1.